The molecule has 0 saturated heterocycles. The van der Waals surface area contributed by atoms with Crippen LogP contribution in [0.4, 0.5) is 13.2 Å². The largest absolute Gasteiger partial charge is 0.416 e. The van der Waals surface area contributed by atoms with Gasteiger partial charge in [-0.15, -0.1) is 0 Å². The average Bonchev–Trinajstić information content (AvgIpc) is 2.22. The van der Waals surface area contributed by atoms with Crippen LogP contribution < -0.4 is 11.3 Å². The molecule has 0 spiro atoms. The Kier molecular flexibility index (Phi) is 3.40. The van der Waals surface area contributed by atoms with Crippen LogP contribution in [-0.2, 0) is 6.18 Å². The number of alkyl halides is 3. The standard InChI is InChI=1S/C12H15F3N2/c13-12(14,15)10-6-4-9(5-7-10)11(17-16)8-2-1-3-8/h4-8,11,17H,1-3,16H2. The van der Waals surface area contributed by atoms with E-state index in [9.17, 15) is 13.2 Å². The van der Waals surface area contributed by atoms with Gasteiger partial charge in [0.2, 0.25) is 0 Å². The van der Waals surface area contributed by atoms with Gasteiger partial charge in [0.1, 0.15) is 0 Å². The SMILES string of the molecule is NNC(c1ccc(C(F)(F)F)cc1)C1CCC1. The smallest absolute Gasteiger partial charge is 0.271 e. The van der Waals surface area contributed by atoms with Crippen molar-refractivity contribution in [1.29, 1.82) is 0 Å². The number of hydrogen-bond acceptors (Lipinski definition) is 2. The number of rotatable bonds is 3. The van der Waals surface area contributed by atoms with Crippen LogP contribution in [0.2, 0.25) is 0 Å². The van der Waals surface area contributed by atoms with E-state index in [0.717, 1.165) is 30.5 Å². The molecular formula is C12H15F3N2. The molecule has 0 radical (unpaired) electrons. The van der Waals surface area contributed by atoms with E-state index in [0.29, 0.717) is 5.92 Å². The van der Waals surface area contributed by atoms with E-state index < -0.39 is 11.7 Å². The summed E-state index contributed by atoms with van der Waals surface area (Å²) >= 11 is 0. The summed E-state index contributed by atoms with van der Waals surface area (Å²) in [5, 5.41) is 0. The van der Waals surface area contributed by atoms with Gasteiger partial charge in [-0.2, -0.15) is 13.2 Å². The lowest BCUT2D eigenvalue weighted by atomic mass is 9.77. The van der Waals surface area contributed by atoms with Gasteiger partial charge in [-0.05, 0) is 36.5 Å². The summed E-state index contributed by atoms with van der Waals surface area (Å²) in [4.78, 5) is 0. The molecular weight excluding hydrogens is 229 g/mol. The fourth-order valence-corrected chi connectivity index (χ4v) is 2.16. The summed E-state index contributed by atoms with van der Waals surface area (Å²) in [7, 11) is 0. The zero-order valence-electron chi connectivity index (χ0n) is 9.30. The molecule has 3 N–H and O–H groups in total. The molecule has 1 aromatic rings. The van der Waals surface area contributed by atoms with Gasteiger partial charge >= 0.3 is 6.18 Å². The molecule has 1 fully saturated rings. The van der Waals surface area contributed by atoms with Crippen molar-refractivity contribution in [3.63, 3.8) is 0 Å². The minimum Gasteiger partial charge on any atom is -0.271 e. The van der Waals surface area contributed by atoms with Crippen LogP contribution in [0, 0.1) is 5.92 Å². The Morgan fingerprint density at radius 2 is 1.76 bits per heavy atom. The number of nitrogens with two attached hydrogens (primary N) is 1. The van der Waals surface area contributed by atoms with Crippen LogP contribution in [-0.4, -0.2) is 0 Å². The summed E-state index contributed by atoms with van der Waals surface area (Å²) in [5.74, 6) is 5.91. The minimum absolute atomic E-state index is 0.0361. The molecule has 1 aromatic carbocycles. The summed E-state index contributed by atoms with van der Waals surface area (Å²) < 4.78 is 37.2. The fraction of sp³-hybridized carbons (Fsp3) is 0.500. The molecule has 1 atom stereocenters. The maximum atomic E-state index is 12.4. The monoisotopic (exact) mass is 244 g/mol. The maximum Gasteiger partial charge on any atom is 0.416 e. The van der Waals surface area contributed by atoms with E-state index in [2.05, 4.69) is 5.43 Å². The van der Waals surface area contributed by atoms with Crippen molar-refractivity contribution in [2.24, 2.45) is 11.8 Å². The normalized spacial score (nSPS) is 18.8. The van der Waals surface area contributed by atoms with Crippen molar-refractivity contribution < 1.29 is 13.2 Å². The lowest BCUT2D eigenvalue weighted by Gasteiger charge is -2.33. The molecule has 0 heterocycles. The quantitative estimate of drug-likeness (QED) is 0.633. The lowest BCUT2D eigenvalue weighted by Crippen LogP contribution is -2.36. The van der Waals surface area contributed by atoms with Crippen molar-refractivity contribution in [2.75, 3.05) is 0 Å². The Morgan fingerprint density at radius 1 is 1.18 bits per heavy atom. The average molecular weight is 244 g/mol. The molecule has 2 rings (SSSR count). The highest BCUT2D eigenvalue weighted by Crippen LogP contribution is 2.38. The highest BCUT2D eigenvalue weighted by atomic mass is 19.4. The van der Waals surface area contributed by atoms with Gasteiger partial charge in [-0.3, -0.25) is 11.3 Å². The minimum atomic E-state index is -4.28. The summed E-state index contributed by atoms with van der Waals surface area (Å²) in [6, 6.07) is 5.19. The number of nitrogens with one attached hydrogen (secondary N) is 1. The van der Waals surface area contributed by atoms with E-state index in [1.807, 2.05) is 0 Å². The number of hydrogen-bond donors (Lipinski definition) is 2. The number of halogens is 3. The van der Waals surface area contributed by atoms with Gasteiger partial charge in [0.05, 0.1) is 5.56 Å². The number of hydrazine groups is 1. The van der Waals surface area contributed by atoms with Crippen LogP contribution in [0.1, 0.15) is 36.4 Å². The van der Waals surface area contributed by atoms with Crippen LogP contribution in [0.3, 0.4) is 0 Å². The molecule has 1 unspecified atom stereocenters. The predicted octanol–water partition coefficient (Wildman–Crippen LogP) is 3.01. The second-order valence-electron chi connectivity index (χ2n) is 4.46. The Labute approximate surface area is 98.0 Å². The molecule has 0 bridgehead atoms. The Bertz CT molecular complexity index is 368. The molecule has 0 aliphatic heterocycles. The summed E-state index contributed by atoms with van der Waals surface area (Å²) in [6.07, 6.45) is -0.949. The molecule has 2 nitrogen and oxygen atoms in total. The molecule has 0 aromatic heterocycles. The maximum absolute atomic E-state index is 12.4. The Balaban J connectivity index is 2.16. The van der Waals surface area contributed by atoms with Crippen molar-refractivity contribution in [2.45, 2.75) is 31.5 Å². The van der Waals surface area contributed by atoms with Gasteiger partial charge < -0.3 is 0 Å². The molecule has 1 aliphatic carbocycles. The highest BCUT2D eigenvalue weighted by Gasteiger charge is 2.31. The van der Waals surface area contributed by atoms with Gasteiger partial charge in [-0.1, -0.05) is 18.6 Å². The first-order valence-electron chi connectivity index (χ1n) is 5.65. The highest BCUT2D eigenvalue weighted by molar-refractivity contribution is 5.27. The van der Waals surface area contributed by atoms with E-state index in [-0.39, 0.29) is 6.04 Å². The number of benzene rings is 1. The molecule has 17 heavy (non-hydrogen) atoms. The van der Waals surface area contributed by atoms with Gasteiger partial charge in [-0.25, -0.2) is 0 Å². The van der Waals surface area contributed by atoms with Gasteiger partial charge in [0.25, 0.3) is 0 Å². The van der Waals surface area contributed by atoms with Gasteiger partial charge in [0.15, 0.2) is 0 Å². The van der Waals surface area contributed by atoms with E-state index in [4.69, 9.17) is 5.84 Å². The Hall–Kier alpha value is -1.07. The first kappa shape index (κ1) is 12.4. The van der Waals surface area contributed by atoms with Crippen molar-refractivity contribution >= 4 is 0 Å². The van der Waals surface area contributed by atoms with Crippen LogP contribution in [0.15, 0.2) is 24.3 Å². The van der Waals surface area contributed by atoms with Crippen molar-refractivity contribution in [1.82, 2.24) is 5.43 Å². The third-order valence-electron chi connectivity index (χ3n) is 3.40. The van der Waals surface area contributed by atoms with Crippen LogP contribution in [0.25, 0.3) is 0 Å². The van der Waals surface area contributed by atoms with Crippen LogP contribution in [0.5, 0.6) is 0 Å². The zero-order valence-corrected chi connectivity index (χ0v) is 9.30. The molecule has 1 saturated carbocycles. The fourth-order valence-electron chi connectivity index (χ4n) is 2.16. The third kappa shape index (κ3) is 2.61. The zero-order chi connectivity index (χ0) is 12.5. The van der Waals surface area contributed by atoms with E-state index >= 15 is 0 Å². The van der Waals surface area contributed by atoms with Crippen molar-refractivity contribution in [3.8, 4) is 0 Å². The topological polar surface area (TPSA) is 38.0 Å². The van der Waals surface area contributed by atoms with E-state index in [1.54, 1.807) is 0 Å². The molecule has 94 valence electrons. The molecule has 5 heteroatoms. The third-order valence-corrected chi connectivity index (χ3v) is 3.40. The molecule has 0 amide bonds. The Morgan fingerprint density at radius 3 is 2.12 bits per heavy atom. The van der Waals surface area contributed by atoms with Crippen molar-refractivity contribution in [3.05, 3.63) is 35.4 Å². The summed E-state index contributed by atoms with van der Waals surface area (Å²) in [5.41, 5.74) is 2.90. The molecule has 1 aliphatic rings. The first-order valence-corrected chi connectivity index (χ1v) is 5.65. The van der Waals surface area contributed by atoms with Gasteiger partial charge in [0, 0.05) is 6.04 Å². The first-order chi connectivity index (χ1) is 8.02. The second-order valence-corrected chi connectivity index (χ2v) is 4.46. The van der Waals surface area contributed by atoms with E-state index in [1.165, 1.54) is 18.6 Å². The predicted molar refractivity (Wildman–Crippen MR) is 58.8 cm³/mol. The van der Waals surface area contributed by atoms with Crippen LogP contribution >= 0.6 is 0 Å². The second kappa shape index (κ2) is 4.66. The summed E-state index contributed by atoms with van der Waals surface area (Å²) in [6.45, 7) is 0. The lowest BCUT2D eigenvalue weighted by molar-refractivity contribution is -0.137.